The van der Waals surface area contributed by atoms with E-state index in [0.717, 1.165) is 41.8 Å². The Balaban J connectivity index is 1.41. The van der Waals surface area contributed by atoms with Crippen LogP contribution in [0.3, 0.4) is 0 Å². The van der Waals surface area contributed by atoms with Crippen molar-refractivity contribution >= 4 is 16.9 Å². The van der Waals surface area contributed by atoms with Crippen LogP contribution in [0.2, 0.25) is 0 Å². The molecule has 0 saturated carbocycles. The number of amides is 1. The number of piperidine rings is 1. The highest BCUT2D eigenvalue weighted by atomic mass is 16.5. The molecule has 2 aromatic heterocycles. The average Bonchev–Trinajstić information content (AvgIpc) is 3.06. The highest BCUT2D eigenvalue weighted by Crippen LogP contribution is 2.22. The Morgan fingerprint density at radius 1 is 1.31 bits per heavy atom. The van der Waals surface area contributed by atoms with E-state index in [1.165, 1.54) is 0 Å². The monoisotopic (exact) mass is 350 g/mol. The SMILES string of the molecule is Cc1cc2cc(C(=O)N3CCC[C@H](OCc4ccccn4)C3)ccc2o1. The number of hydrogen-bond donors (Lipinski definition) is 0. The molecule has 1 atom stereocenters. The smallest absolute Gasteiger partial charge is 0.253 e. The van der Waals surface area contributed by atoms with Gasteiger partial charge in [-0.25, -0.2) is 0 Å². The molecule has 5 heteroatoms. The number of carbonyl (C=O) groups is 1. The van der Waals surface area contributed by atoms with E-state index in [9.17, 15) is 4.79 Å². The number of pyridine rings is 1. The number of furan rings is 1. The molecule has 26 heavy (non-hydrogen) atoms. The highest BCUT2D eigenvalue weighted by Gasteiger charge is 2.25. The van der Waals surface area contributed by atoms with Crippen LogP contribution in [-0.2, 0) is 11.3 Å². The summed E-state index contributed by atoms with van der Waals surface area (Å²) in [7, 11) is 0. The third-order valence-electron chi connectivity index (χ3n) is 4.74. The van der Waals surface area contributed by atoms with Gasteiger partial charge in [-0.15, -0.1) is 0 Å². The lowest BCUT2D eigenvalue weighted by molar-refractivity contribution is -0.00784. The van der Waals surface area contributed by atoms with Gasteiger partial charge in [0.2, 0.25) is 0 Å². The molecule has 0 spiro atoms. The quantitative estimate of drug-likeness (QED) is 0.715. The molecule has 5 nitrogen and oxygen atoms in total. The summed E-state index contributed by atoms with van der Waals surface area (Å²) in [6.07, 6.45) is 3.74. The number of carbonyl (C=O) groups excluding carboxylic acids is 1. The van der Waals surface area contributed by atoms with Gasteiger partial charge in [0.05, 0.1) is 18.4 Å². The van der Waals surface area contributed by atoms with Gasteiger partial charge in [0.15, 0.2) is 0 Å². The van der Waals surface area contributed by atoms with Crippen LogP contribution in [0.1, 0.15) is 34.7 Å². The minimum atomic E-state index is 0.0506. The van der Waals surface area contributed by atoms with Gasteiger partial charge >= 0.3 is 0 Å². The number of benzene rings is 1. The van der Waals surface area contributed by atoms with Crippen molar-refractivity contribution in [3.8, 4) is 0 Å². The second-order valence-corrected chi connectivity index (χ2v) is 6.76. The Kier molecular flexibility index (Phi) is 4.71. The third-order valence-corrected chi connectivity index (χ3v) is 4.74. The Labute approximate surface area is 152 Å². The van der Waals surface area contributed by atoms with Gasteiger partial charge in [0.25, 0.3) is 5.91 Å². The zero-order chi connectivity index (χ0) is 17.9. The molecule has 3 aromatic rings. The molecular weight excluding hydrogens is 328 g/mol. The maximum Gasteiger partial charge on any atom is 0.253 e. The van der Waals surface area contributed by atoms with Crippen molar-refractivity contribution in [2.45, 2.75) is 32.5 Å². The molecule has 0 aliphatic carbocycles. The van der Waals surface area contributed by atoms with Crippen molar-refractivity contribution in [1.29, 1.82) is 0 Å². The van der Waals surface area contributed by atoms with Gasteiger partial charge in [0, 0.05) is 30.2 Å². The lowest BCUT2D eigenvalue weighted by atomic mass is 10.1. The molecule has 1 aromatic carbocycles. The molecule has 4 rings (SSSR count). The fraction of sp³-hybridized carbons (Fsp3) is 0.333. The molecule has 1 saturated heterocycles. The lowest BCUT2D eigenvalue weighted by Gasteiger charge is -2.32. The van der Waals surface area contributed by atoms with Gasteiger partial charge in [-0.2, -0.15) is 0 Å². The van der Waals surface area contributed by atoms with Crippen molar-refractivity contribution in [3.05, 3.63) is 65.7 Å². The highest BCUT2D eigenvalue weighted by molar-refractivity contribution is 5.97. The molecule has 1 aliphatic heterocycles. The summed E-state index contributed by atoms with van der Waals surface area (Å²) in [4.78, 5) is 19.1. The van der Waals surface area contributed by atoms with Crippen LogP contribution < -0.4 is 0 Å². The predicted octanol–water partition coefficient (Wildman–Crippen LogP) is 3.96. The topological polar surface area (TPSA) is 55.6 Å². The maximum atomic E-state index is 12.9. The summed E-state index contributed by atoms with van der Waals surface area (Å²) >= 11 is 0. The van der Waals surface area contributed by atoms with E-state index in [2.05, 4.69) is 4.98 Å². The van der Waals surface area contributed by atoms with Crippen LogP contribution >= 0.6 is 0 Å². The molecule has 134 valence electrons. The van der Waals surface area contributed by atoms with Crippen LogP contribution in [0.25, 0.3) is 11.0 Å². The standard InChI is InChI=1S/C21H22N2O3/c1-15-11-17-12-16(7-8-20(17)26-15)21(24)23-10-4-6-19(13-23)25-14-18-5-2-3-9-22-18/h2-3,5,7-9,11-12,19H,4,6,10,13-14H2,1H3/t19-/m0/s1. The van der Waals surface area contributed by atoms with Crippen molar-refractivity contribution in [2.75, 3.05) is 13.1 Å². The number of fused-ring (bicyclic) bond motifs is 1. The summed E-state index contributed by atoms with van der Waals surface area (Å²) < 4.78 is 11.6. The number of nitrogens with zero attached hydrogens (tertiary/aromatic N) is 2. The zero-order valence-corrected chi connectivity index (χ0v) is 14.9. The van der Waals surface area contributed by atoms with E-state index in [0.29, 0.717) is 18.7 Å². The minimum Gasteiger partial charge on any atom is -0.461 e. The van der Waals surface area contributed by atoms with Crippen molar-refractivity contribution in [1.82, 2.24) is 9.88 Å². The number of hydrogen-bond acceptors (Lipinski definition) is 4. The molecule has 3 heterocycles. The van der Waals surface area contributed by atoms with Crippen molar-refractivity contribution in [2.24, 2.45) is 0 Å². The summed E-state index contributed by atoms with van der Waals surface area (Å²) in [5, 5.41) is 0.966. The Morgan fingerprint density at radius 3 is 3.08 bits per heavy atom. The minimum absolute atomic E-state index is 0.0506. The third kappa shape index (κ3) is 3.63. The first-order valence-corrected chi connectivity index (χ1v) is 9.00. The van der Waals surface area contributed by atoms with Gasteiger partial charge in [-0.1, -0.05) is 6.07 Å². The second-order valence-electron chi connectivity index (χ2n) is 6.76. The van der Waals surface area contributed by atoms with Gasteiger partial charge in [-0.05, 0) is 56.2 Å². The van der Waals surface area contributed by atoms with Crippen molar-refractivity contribution < 1.29 is 13.9 Å². The molecule has 0 bridgehead atoms. The van der Waals surface area contributed by atoms with E-state index in [1.807, 2.05) is 54.3 Å². The zero-order valence-electron chi connectivity index (χ0n) is 14.9. The summed E-state index contributed by atoms with van der Waals surface area (Å²) in [6, 6.07) is 13.4. The average molecular weight is 350 g/mol. The largest absolute Gasteiger partial charge is 0.461 e. The normalized spacial score (nSPS) is 17.6. The van der Waals surface area contributed by atoms with Gasteiger partial charge < -0.3 is 14.1 Å². The fourth-order valence-electron chi connectivity index (χ4n) is 3.44. The first kappa shape index (κ1) is 16.8. The lowest BCUT2D eigenvalue weighted by Crippen LogP contribution is -2.43. The molecular formula is C21H22N2O3. The van der Waals surface area contributed by atoms with Crippen LogP contribution in [0.5, 0.6) is 0 Å². The molecule has 0 N–H and O–H groups in total. The van der Waals surface area contributed by atoms with Crippen LogP contribution in [0, 0.1) is 6.92 Å². The van der Waals surface area contributed by atoms with Crippen molar-refractivity contribution in [3.63, 3.8) is 0 Å². The van der Waals surface area contributed by atoms with Gasteiger partial charge in [0.1, 0.15) is 11.3 Å². The van der Waals surface area contributed by atoms with E-state index in [1.54, 1.807) is 6.20 Å². The van der Waals surface area contributed by atoms with E-state index in [4.69, 9.17) is 9.15 Å². The molecule has 0 radical (unpaired) electrons. The van der Waals surface area contributed by atoms with Crippen LogP contribution in [0.15, 0.2) is 53.1 Å². The number of aryl methyl sites for hydroxylation is 1. The molecule has 0 unspecified atom stereocenters. The predicted molar refractivity (Wildman–Crippen MR) is 98.9 cm³/mol. The Bertz CT molecular complexity index is 904. The number of likely N-dealkylation sites (tertiary alicyclic amines) is 1. The number of ether oxygens (including phenoxy) is 1. The first-order chi connectivity index (χ1) is 12.7. The van der Waals surface area contributed by atoms with E-state index in [-0.39, 0.29) is 12.0 Å². The Hall–Kier alpha value is -2.66. The first-order valence-electron chi connectivity index (χ1n) is 9.00. The molecule has 1 aliphatic rings. The van der Waals surface area contributed by atoms with Crippen LogP contribution in [-0.4, -0.2) is 35.0 Å². The summed E-state index contributed by atoms with van der Waals surface area (Å²) in [5.74, 6) is 0.905. The molecule has 1 fully saturated rings. The fourth-order valence-corrected chi connectivity index (χ4v) is 3.44. The van der Waals surface area contributed by atoms with Crippen LogP contribution in [0.4, 0.5) is 0 Å². The maximum absolute atomic E-state index is 12.9. The number of aromatic nitrogens is 1. The summed E-state index contributed by atoms with van der Waals surface area (Å²) in [5.41, 5.74) is 2.43. The van der Waals surface area contributed by atoms with E-state index < -0.39 is 0 Å². The molecule has 1 amide bonds. The van der Waals surface area contributed by atoms with Gasteiger partial charge in [-0.3, -0.25) is 9.78 Å². The second kappa shape index (κ2) is 7.30. The Morgan fingerprint density at radius 2 is 2.23 bits per heavy atom. The number of rotatable bonds is 4. The van der Waals surface area contributed by atoms with E-state index >= 15 is 0 Å². The summed E-state index contributed by atoms with van der Waals surface area (Å²) in [6.45, 7) is 3.78.